The zero-order valence-corrected chi connectivity index (χ0v) is 11.5. The summed E-state index contributed by atoms with van der Waals surface area (Å²) in [5, 5.41) is 22.8. The highest BCUT2D eigenvalue weighted by atomic mass is 16.3. The SMILES string of the molecule is O=C(Nc1cccc(CO)c1)c1cccc(-n2cnnn2)c1. The highest BCUT2D eigenvalue weighted by Crippen LogP contribution is 2.14. The number of rotatable bonds is 4. The van der Waals surface area contributed by atoms with Crippen molar-refractivity contribution in [1.29, 1.82) is 0 Å². The standard InChI is InChI=1S/C15H13N5O2/c21-9-11-3-1-5-13(7-11)17-15(22)12-4-2-6-14(8-12)20-10-16-18-19-20/h1-8,10,21H,9H2,(H,17,22). The highest BCUT2D eigenvalue weighted by Gasteiger charge is 2.08. The fourth-order valence-corrected chi connectivity index (χ4v) is 2.02. The number of tetrazole rings is 1. The number of amides is 1. The second kappa shape index (κ2) is 6.15. The Morgan fingerprint density at radius 1 is 1.18 bits per heavy atom. The molecular weight excluding hydrogens is 282 g/mol. The van der Waals surface area contributed by atoms with Crippen molar-refractivity contribution in [3.05, 3.63) is 66.0 Å². The van der Waals surface area contributed by atoms with Gasteiger partial charge in [0.05, 0.1) is 12.3 Å². The van der Waals surface area contributed by atoms with E-state index in [1.165, 1.54) is 11.0 Å². The van der Waals surface area contributed by atoms with E-state index >= 15 is 0 Å². The maximum Gasteiger partial charge on any atom is 0.255 e. The first-order valence-electron chi connectivity index (χ1n) is 6.61. The summed E-state index contributed by atoms with van der Waals surface area (Å²) in [6.07, 6.45) is 1.46. The van der Waals surface area contributed by atoms with Gasteiger partial charge in [0.25, 0.3) is 5.91 Å². The molecule has 2 N–H and O–H groups in total. The van der Waals surface area contributed by atoms with Gasteiger partial charge in [-0.1, -0.05) is 18.2 Å². The molecular formula is C15H13N5O2. The molecule has 22 heavy (non-hydrogen) atoms. The third-order valence-corrected chi connectivity index (χ3v) is 3.09. The molecule has 0 aliphatic carbocycles. The summed E-state index contributed by atoms with van der Waals surface area (Å²) < 4.78 is 1.48. The first kappa shape index (κ1) is 13.9. The number of aromatic nitrogens is 4. The molecule has 7 heteroatoms. The summed E-state index contributed by atoms with van der Waals surface area (Å²) in [4.78, 5) is 12.3. The molecule has 1 amide bonds. The summed E-state index contributed by atoms with van der Waals surface area (Å²) >= 11 is 0. The number of benzene rings is 2. The first-order valence-corrected chi connectivity index (χ1v) is 6.61. The number of hydrogen-bond acceptors (Lipinski definition) is 5. The van der Waals surface area contributed by atoms with Crippen LogP contribution >= 0.6 is 0 Å². The van der Waals surface area contributed by atoms with Gasteiger partial charge in [0, 0.05) is 11.3 Å². The molecule has 0 saturated heterocycles. The monoisotopic (exact) mass is 295 g/mol. The van der Waals surface area contributed by atoms with Crippen LogP contribution < -0.4 is 5.32 Å². The number of anilines is 1. The van der Waals surface area contributed by atoms with Crippen LogP contribution in [0.1, 0.15) is 15.9 Å². The molecule has 0 atom stereocenters. The van der Waals surface area contributed by atoms with Crippen molar-refractivity contribution in [3.8, 4) is 5.69 Å². The van der Waals surface area contributed by atoms with Gasteiger partial charge in [0.1, 0.15) is 6.33 Å². The lowest BCUT2D eigenvalue weighted by molar-refractivity contribution is 0.102. The van der Waals surface area contributed by atoms with Crippen LogP contribution in [0.25, 0.3) is 5.69 Å². The van der Waals surface area contributed by atoms with Gasteiger partial charge in [-0.3, -0.25) is 4.79 Å². The molecule has 0 saturated carbocycles. The Balaban J connectivity index is 1.81. The van der Waals surface area contributed by atoms with Crippen LogP contribution in [0.2, 0.25) is 0 Å². The summed E-state index contributed by atoms with van der Waals surface area (Å²) in [5.41, 5.74) is 2.55. The fraction of sp³-hybridized carbons (Fsp3) is 0.0667. The van der Waals surface area contributed by atoms with E-state index in [1.807, 2.05) is 0 Å². The molecule has 3 rings (SSSR count). The van der Waals surface area contributed by atoms with Crippen molar-refractivity contribution in [2.24, 2.45) is 0 Å². The van der Waals surface area contributed by atoms with Crippen LogP contribution in [0.5, 0.6) is 0 Å². The van der Waals surface area contributed by atoms with E-state index in [4.69, 9.17) is 5.11 Å². The van der Waals surface area contributed by atoms with Gasteiger partial charge < -0.3 is 10.4 Å². The zero-order valence-electron chi connectivity index (χ0n) is 11.5. The third kappa shape index (κ3) is 2.99. The highest BCUT2D eigenvalue weighted by molar-refractivity contribution is 6.04. The van der Waals surface area contributed by atoms with Crippen molar-refractivity contribution in [3.63, 3.8) is 0 Å². The van der Waals surface area contributed by atoms with E-state index in [-0.39, 0.29) is 12.5 Å². The smallest absolute Gasteiger partial charge is 0.255 e. The Morgan fingerprint density at radius 3 is 2.82 bits per heavy atom. The summed E-state index contributed by atoms with van der Waals surface area (Å²) in [7, 11) is 0. The average Bonchev–Trinajstić information content (AvgIpc) is 3.09. The van der Waals surface area contributed by atoms with E-state index in [9.17, 15) is 4.79 Å². The number of hydrogen-bond donors (Lipinski definition) is 2. The molecule has 0 unspecified atom stereocenters. The average molecular weight is 295 g/mol. The number of aliphatic hydroxyl groups is 1. The molecule has 0 radical (unpaired) electrons. The van der Waals surface area contributed by atoms with Crippen LogP contribution in [0, 0.1) is 0 Å². The van der Waals surface area contributed by atoms with Gasteiger partial charge in [0.15, 0.2) is 0 Å². The van der Waals surface area contributed by atoms with Crippen LogP contribution in [0.3, 0.4) is 0 Å². The number of aliphatic hydroxyl groups excluding tert-OH is 1. The van der Waals surface area contributed by atoms with Crippen LogP contribution in [0.15, 0.2) is 54.9 Å². The van der Waals surface area contributed by atoms with Gasteiger partial charge in [-0.05, 0) is 46.3 Å². The molecule has 0 aliphatic heterocycles. The maximum absolute atomic E-state index is 12.3. The quantitative estimate of drug-likeness (QED) is 0.759. The van der Waals surface area contributed by atoms with E-state index in [0.29, 0.717) is 16.9 Å². The van der Waals surface area contributed by atoms with Crippen LogP contribution in [-0.4, -0.2) is 31.2 Å². The molecule has 0 fully saturated rings. The normalized spacial score (nSPS) is 10.4. The number of carbonyl (C=O) groups is 1. The van der Waals surface area contributed by atoms with E-state index in [2.05, 4.69) is 20.8 Å². The lowest BCUT2D eigenvalue weighted by atomic mass is 10.1. The second-order valence-electron chi connectivity index (χ2n) is 4.62. The molecule has 7 nitrogen and oxygen atoms in total. The number of carbonyl (C=O) groups excluding carboxylic acids is 1. The van der Waals surface area contributed by atoms with Gasteiger partial charge in [-0.2, -0.15) is 0 Å². The Hall–Kier alpha value is -3.06. The van der Waals surface area contributed by atoms with Crippen molar-refractivity contribution in [2.75, 3.05) is 5.32 Å². The molecule has 110 valence electrons. The lowest BCUT2D eigenvalue weighted by Gasteiger charge is -2.07. The predicted molar refractivity (Wildman–Crippen MR) is 79.5 cm³/mol. The minimum Gasteiger partial charge on any atom is -0.392 e. The minimum absolute atomic E-state index is 0.0709. The Bertz CT molecular complexity index is 786. The zero-order chi connectivity index (χ0) is 15.4. The van der Waals surface area contributed by atoms with E-state index < -0.39 is 0 Å². The summed E-state index contributed by atoms with van der Waals surface area (Å²) in [5.74, 6) is -0.245. The van der Waals surface area contributed by atoms with Gasteiger partial charge in [-0.25, -0.2) is 4.68 Å². The van der Waals surface area contributed by atoms with Gasteiger partial charge in [0.2, 0.25) is 0 Å². The number of nitrogens with zero attached hydrogens (tertiary/aromatic N) is 4. The second-order valence-corrected chi connectivity index (χ2v) is 4.62. The van der Waals surface area contributed by atoms with Gasteiger partial charge in [-0.15, -0.1) is 5.10 Å². The molecule has 2 aromatic carbocycles. The van der Waals surface area contributed by atoms with Crippen molar-refractivity contribution in [2.45, 2.75) is 6.61 Å². The largest absolute Gasteiger partial charge is 0.392 e. The maximum atomic E-state index is 12.3. The molecule has 0 aliphatic rings. The van der Waals surface area contributed by atoms with Gasteiger partial charge >= 0.3 is 0 Å². The molecule has 1 aromatic heterocycles. The predicted octanol–water partition coefficient (Wildman–Crippen LogP) is 1.41. The minimum atomic E-state index is -0.245. The Morgan fingerprint density at radius 2 is 2.05 bits per heavy atom. The molecule has 0 bridgehead atoms. The van der Waals surface area contributed by atoms with E-state index in [1.54, 1.807) is 48.5 Å². The van der Waals surface area contributed by atoms with Crippen molar-refractivity contribution >= 4 is 11.6 Å². The molecule has 3 aromatic rings. The van der Waals surface area contributed by atoms with Crippen molar-refractivity contribution in [1.82, 2.24) is 20.2 Å². The van der Waals surface area contributed by atoms with Crippen LogP contribution in [-0.2, 0) is 6.61 Å². The summed E-state index contributed by atoms with van der Waals surface area (Å²) in [6, 6.07) is 14.0. The number of nitrogens with one attached hydrogen (secondary N) is 1. The molecule has 0 spiro atoms. The summed E-state index contributed by atoms with van der Waals surface area (Å²) in [6.45, 7) is -0.0709. The Labute approximate surface area is 126 Å². The lowest BCUT2D eigenvalue weighted by Crippen LogP contribution is -2.12. The van der Waals surface area contributed by atoms with E-state index in [0.717, 1.165) is 5.56 Å². The topological polar surface area (TPSA) is 92.9 Å². The van der Waals surface area contributed by atoms with Crippen LogP contribution in [0.4, 0.5) is 5.69 Å². The third-order valence-electron chi connectivity index (χ3n) is 3.09. The first-order chi connectivity index (χ1) is 10.8. The fourth-order valence-electron chi connectivity index (χ4n) is 2.02. The Kier molecular flexibility index (Phi) is 3.88. The van der Waals surface area contributed by atoms with Crippen molar-refractivity contribution < 1.29 is 9.90 Å². The molecule has 1 heterocycles.